The Kier molecular flexibility index (Phi) is 5.42. The van der Waals surface area contributed by atoms with E-state index in [1.54, 1.807) is 0 Å². The minimum absolute atomic E-state index is 0.764. The molecule has 2 saturated heterocycles. The third-order valence-corrected chi connectivity index (χ3v) is 4.13. The van der Waals surface area contributed by atoms with Gasteiger partial charge in [0.2, 0.25) is 0 Å². The molecule has 2 rings (SSSR count). The molecule has 4 nitrogen and oxygen atoms in total. The average molecular weight is 254 g/mol. The van der Waals surface area contributed by atoms with E-state index in [1.165, 1.54) is 52.2 Å². The summed E-state index contributed by atoms with van der Waals surface area (Å²) < 4.78 is 0. The summed E-state index contributed by atoms with van der Waals surface area (Å²) in [7, 11) is 2.22. The van der Waals surface area contributed by atoms with Gasteiger partial charge in [0.05, 0.1) is 0 Å². The minimum atomic E-state index is 0.764. The second-order valence-electron chi connectivity index (χ2n) is 6.38. The van der Waals surface area contributed by atoms with Crippen molar-refractivity contribution in [2.24, 2.45) is 11.8 Å². The fraction of sp³-hybridized carbons (Fsp3) is 1.00. The number of hydrogen-bond donors (Lipinski definition) is 1. The van der Waals surface area contributed by atoms with Crippen LogP contribution in [0.5, 0.6) is 0 Å². The molecule has 1 unspecified atom stereocenters. The van der Waals surface area contributed by atoms with Crippen LogP contribution in [-0.2, 0) is 0 Å². The number of hydrazine groups is 1. The summed E-state index contributed by atoms with van der Waals surface area (Å²) >= 11 is 0. The molecular weight excluding hydrogens is 224 g/mol. The lowest BCUT2D eigenvalue weighted by atomic mass is 10.1. The van der Waals surface area contributed by atoms with E-state index in [2.05, 4.69) is 41.1 Å². The lowest BCUT2D eigenvalue weighted by Crippen LogP contribution is -2.52. The summed E-state index contributed by atoms with van der Waals surface area (Å²) in [4.78, 5) is 2.42. The number of rotatable bonds is 5. The van der Waals surface area contributed by atoms with Gasteiger partial charge in [0.25, 0.3) is 0 Å². The van der Waals surface area contributed by atoms with Crippen molar-refractivity contribution in [3.05, 3.63) is 0 Å². The van der Waals surface area contributed by atoms with Crippen molar-refractivity contribution in [3.63, 3.8) is 0 Å². The van der Waals surface area contributed by atoms with Crippen LogP contribution in [0.25, 0.3) is 0 Å². The molecule has 106 valence electrons. The quantitative estimate of drug-likeness (QED) is 0.780. The topological polar surface area (TPSA) is 21.8 Å². The highest BCUT2D eigenvalue weighted by atomic mass is 15.6. The van der Waals surface area contributed by atoms with Gasteiger partial charge in [-0.15, -0.1) is 0 Å². The van der Waals surface area contributed by atoms with Crippen LogP contribution in [0.4, 0.5) is 0 Å². The third kappa shape index (κ3) is 4.19. The van der Waals surface area contributed by atoms with Crippen LogP contribution < -0.4 is 5.32 Å². The van der Waals surface area contributed by atoms with Gasteiger partial charge in [-0.05, 0) is 38.4 Å². The van der Waals surface area contributed by atoms with E-state index in [0.717, 1.165) is 18.4 Å². The molecule has 0 bridgehead atoms. The van der Waals surface area contributed by atoms with Crippen LogP contribution in [0.3, 0.4) is 0 Å². The monoisotopic (exact) mass is 254 g/mol. The molecule has 1 atom stereocenters. The number of likely N-dealkylation sites (N-methyl/N-ethyl adjacent to an activating group) is 1. The number of nitrogens with zero attached hydrogens (tertiary/aromatic N) is 3. The largest absolute Gasteiger partial charge is 0.316 e. The molecule has 0 aliphatic carbocycles. The molecule has 0 aromatic rings. The van der Waals surface area contributed by atoms with Crippen LogP contribution in [-0.4, -0.2) is 74.3 Å². The SMILES string of the molecule is CC(C)CNCC1CCN(N2CCN(C)CC2)C1. The first-order chi connectivity index (χ1) is 8.65. The van der Waals surface area contributed by atoms with E-state index in [0.29, 0.717) is 0 Å². The van der Waals surface area contributed by atoms with Gasteiger partial charge in [0.1, 0.15) is 0 Å². The molecule has 0 aromatic heterocycles. The molecule has 2 heterocycles. The molecule has 0 amide bonds. The van der Waals surface area contributed by atoms with Crippen LogP contribution >= 0.6 is 0 Å². The molecule has 18 heavy (non-hydrogen) atoms. The smallest absolute Gasteiger partial charge is 0.0261 e. The highest BCUT2D eigenvalue weighted by Crippen LogP contribution is 2.18. The molecule has 1 N–H and O–H groups in total. The minimum Gasteiger partial charge on any atom is -0.316 e. The van der Waals surface area contributed by atoms with E-state index >= 15 is 0 Å². The van der Waals surface area contributed by atoms with Gasteiger partial charge < -0.3 is 10.2 Å². The fourth-order valence-corrected chi connectivity index (χ4v) is 2.89. The molecule has 4 heteroatoms. The van der Waals surface area contributed by atoms with Gasteiger partial charge in [-0.1, -0.05) is 13.8 Å². The maximum absolute atomic E-state index is 3.60. The Morgan fingerprint density at radius 1 is 1.06 bits per heavy atom. The number of hydrogen-bond acceptors (Lipinski definition) is 4. The van der Waals surface area contributed by atoms with Crippen molar-refractivity contribution < 1.29 is 0 Å². The summed E-state index contributed by atoms with van der Waals surface area (Å²) in [5.41, 5.74) is 0. The van der Waals surface area contributed by atoms with Gasteiger partial charge in [-0.3, -0.25) is 0 Å². The molecule has 2 fully saturated rings. The van der Waals surface area contributed by atoms with Gasteiger partial charge in [-0.25, -0.2) is 10.0 Å². The van der Waals surface area contributed by atoms with Crippen molar-refractivity contribution >= 4 is 0 Å². The van der Waals surface area contributed by atoms with Gasteiger partial charge in [0, 0.05) is 39.3 Å². The van der Waals surface area contributed by atoms with Gasteiger partial charge in [0.15, 0.2) is 0 Å². The van der Waals surface area contributed by atoms with E-state index in [-0.39, 0.29) is 0 Å². The highest BCUT2D eigenvalue weighted by molar-refractivity contribution is 4.78. The Hall–Kier alpha value is -0.160. The average Bonchev–Trinajstić information content (AvgIpc) is 2.78. The third-order valence-electron chi connectivity index (χ3n) is 4.13. The molecule has 2 aliphatic heterocycles. The highest BCUT2D eigenvalue weighted by Gasteiger charge is 2.28. The zero-order valence-corrected chi connectivity index (χ0v) is 12.4. The van der Waals surface area contributed by atoms with Crippen LogP contribution in [0.15, 0.2) is 0 Å². The summed E-state index contributed by atoms with van der Waals surface area (Å²) in [5.74, 6) is 1.61. The standard InChI is InChI=1S/C14H30N4/c1-13(2)10-15-11-14-4-5-18(12-14)17-8-6-16(3)7-9-17/h13-15H,4-12H2,1-3H3. The van der Waals surface area contributed by atoms with E-state index in [9.17, 15) is 0 Å². The number of nitrogens with one attached hydrogen (secondary N) is 1. The molecule has 0 spiro atoms. The lowest BCUT2D eigenvalue weighted by molar-refractivity contribution is -0.0381. The maximum atomic E-state index is 3.60. The maximum Gasteiger partial charge on any atom is 0.0261 e. The Balaban J connectivity index is 1.65. The van der Waals surface area contributed by atoms with E-state index in [4.69, 9.17) is 0 Å². The van der Waals surface area contributed by atoms with Crippen LogP contribution in [0.1, 0.15) is 20.3 Å². The zero-order valence-electron chi connectivity index (χ0n) is 12.4. The number of piperazine rings is 1. The van der Waals surface area contributed by atoms with Crippen LogP contribution in [0.2, 0.25) is 0 Å². The summed E-state index contributed by atoms with van der Waals surface area (Å²) in [5, 5.41) is 8.77. The zero-order chi connectivity index (χ0) is 13.0. The molecule has 2 aliphatic rings. The first-order valence-electron chi connectivity index (χ1n) is 7.54. The second kappa shape index (κ2) is 6.85. The van der Waals surface area contributed by atoms with Crippen LogP contribution in [0, 0.1) is 11.8 Å². The summed E-state index contributed by atoms with van der Waals surface area (Å²) in [6.45, 7) is 14.3. The Bertz CT molecular complexity index is 236. The first-order valence-corrected chi connectivity index (χ1v) is 7.54. The lowest BCUT2D eigenvalue weighted by Gasteiger charge is -2.38. The second-order valence-corrected chi connectivity index (χ2v) is 6.38. The van der Waals surface area contributed by atoms with Crippen molar-refractivity contribution in [1.82, 2.24) is 20.2 Å². The Labute approximate surface area is 112 Å². The fourth-order valence-electron chi connectivity index (χ4n) is 2.89. The summed E-state index contributed by atoms with van der Waals surface area (Å²) in [6.07, 6.45) is 1.36. The first kappa shape index (κ1) is 14.3. The Morgan fingerprint density at radius 2 is 1.78 bits per heavy atom. The van der Waals surface area contributed by atoms with E-state index in [1.807, 2.05) is 0 Å². The van der Waals surface area contributed by atoms with Crippen molar-refractivity contribution in [2.75, 3.05) is 59.4 Å². The molecular formula is C14H30N4. The van der Waals surface area contributed by atoms with Crippen molar-refractivity contribution in [2.45, 2.75) is 20.3 Å². The Morgan fingerprint density at radius 3 is 2.44 bits per heavy atom. The molecule has 0 aromatic carbocycles. The van der Waals surface area contributed by atoms with Gasteiger partial charge >= 0.3 is 0 Å². The predicted octanol–water partition coefficient (Wildman–Crippen LogP) is 0.716. The molecule has 0 radical (unpaired) electrons. The van der Waals surface area contributed by atoms with Crippen molar-refractivity contribution in [3.8, 4) is 0 Å². The summed E-state index contributed by atoms with van der Waals surface area (Å²) in [6, 6.07) is 0. The molecule has 0 saturated carbocycles. The van der Waals surface area contributed by atoms with Crippen molar-refractivity contribution in [1.29, 1.82) is 0 Å². The normalized spacial score (nSPS) is 28.3. The van der Waals surface area contributed by atoms with E-state index < -0.39 is 0 Å². The van der Waals surface area contributed by atoms with Gasteiger partial charge in [-0.2, -0.15) is 0 Å². The predicted molar refractivity (Wildman–Crippen MR) is 76.5 cm³/mol.